The van der Waals surface area contributed by atoms with Gasteiger partial charge in [0.05, 0.1) is 19.6 Å². The number of fused-ring (bicyclic) bond motifs is 1. The van der Waals surface area contributed by atoms with E-state index in [1.165, 1.54) is 4.90 Å². The van der Waals surface area contributed by atoms with Gasteiger partial charge >= 0.3 is 5.97 Å². The van der Waals surface area contributed by atoms with Crippen LogP contribution in [0.1, 0.15) is 60.8 Å². The molecule has 0 aliphatic carbocycles. The average Bonchev–Trinajstić information content (AvgIpc) is 3.17. The molecule has 0 fully saturated rings. The number of nitrogens with zero attached hydrogens (tertiary/aromatic N) is 1. The van der Waals surface area contributed by atoms with Crippen LogP contribution >= 0.6 is 0 Å². The maximum atomic E-state index is 12.6. The third-order valence-corrected chi connectivity index (χ3v) is 6.44. The van der Waals surface area contributed by atoms with Gasteiger partial charge in [0.15, 0.2) is 0 Å². The van der Waals surface area contributed by atoms with Gasteiger partial charge in [-0.25, -0.2) is 0 Å². The maximum Gasteiger partial charge on any atom is 0.305 e. The second kappa shape index (κ2) is 11.1. The molecule has 7 heteroatoms. The number of ether oxygens (including phenoxy) is 1. The molecule has 1 aromatic heterocycles. The third-order valence-electron chi connectivity index (χ3n) is 6.44. The van der Waals surface area contributed by atoms with Crippen LogP contribution < -0.4 is 10.1 Å². The van der Waals surface area contributed by atoms with Gasteiger partial charge in [0.25, 0.3) is 5.91 Å². The molecule has 0 bridgehead atoms. The van der Waals surface area contributed by atoms with Gasteiger partial charge in [-0.15, -0.1) is 0 Å². The number of methoxy groups -OCH3 is 1. The first-order chi connectivity index (χ1) is 16.3. The Balaban J connectivity index is 1.86. The van der Waals surface area contributed by atoms with Crippen molar-refractivity contribution < 1.29 is 23.8 Å². The monoisotopic (exact) mass is 466 g/mol. The lowest BCUT2D eigenvalue weighted by atomic mass is 9.90. The molecule has 0 spiro atoms. The molecule has 0 radical (unpaired) electrons. The Morgan fingerprint density at radius 1 is 1.12 bits per heavy atom. The highest BCUT2D eigenvalue weighted by Gasteiger charge is 2.27. The van der Waals surface area contributed by atoms with Crippen molar-refractivity contribution in [2.45, 2.75) is 46.1 Å². The zero-order chi connectivity index (χ0) is 24.8. The first-order valence-corrected chi connectivity index (χ1v) is 11.7. The van der Waals surface area contributed by atoms with E-state index in [0.29, 0.717) is 11.5 Å². The highest BCUT2D eigenvalue weighted by molar-refractivity contribution is 5.94. The molecule has 7 nitrogen and oxygen atoms in total. The molecule has 0 saturated heterocycles. The third kappa shape index (κ3) is 5.53. The molecule has 1 amide bonds. The van der Waals surface area contributed by atoms with E-state index in [1.54, 1.807) is 26.3 Å². The number of hydrogen-bond donors (Lipinski definition) is 2. The summed E-state index contributed by atoms with van der Waals surface area (Å²) >= 11 is 0. The Labute approximate surface area is 200 Å². The van der Waals surface area contributed by atoms with Crippen LogP contribution in [0.3, 0.4) is 0 Å². The van der Waals surface area contributed by atoms with Gasteiger partial charge in [0.2, 0.25) is 0 Å². The Hall–Kier alpha value is -3.48. The van der Waals surface area contributed by atoms with E-state index < -0.39 is 5.97 Å². The fourth-order valence-electron chi connectivity index (χ4n) is 4.27. The summed E-state index contributed by atoms with van der Waals surface area (Å²) in [7, 11) is 3.27. The van der Waals surface area contributed by atoms with Crippen molar-refractivity contribution in [1.82, 2.24) is 4.90 Å². The Morgan fingerprint density at radius 3 is 2.38 bits per heavy atom. The van der Waals surface area contributed by atoms with E-state index in [1.807, 2.05) is 30.3 Å². The fraction of sp³-hybridized carbons (Fsp3) is 0.407. The van der Waals surface area contributed by atoms with E-state index in [9.17, 15) is 9.59 Å². The van der Waals surface area contributed by atoms with E-state index in [2.05, 4.69) is 26.1 Å². The smallest absolute Gasteiger partial charge is 0.305 e. The van der Waals surface area contributed by atoms with Gasteiger partial charge in [-0.1, -0.05) is 26.7 Å². The molecule has 1 unspecified atom stereocenters. The Morgan fingerprint density at radius 2 is 1.79 bits per heavy atom. The molecule has 0 aliphatic heterocycles. The second-order valence-electron chi connectivity index (χ2n) is 8.60. The van der Waals surface area contributed by atoms with Crippen LogP contribution in [0.2, 0.25) is 0 Å². The highest BCUT2D eigenvalue weighted by atomic mass is 16.5. The molecule has 3 aromatic rings. The molecule has 1 atom stereocenters. The number of carbonyl (C=O) groups excluding carboxylic acids is 1. The van der Waals surface area contributed by atoms with Crippen LogP contribution in [0.15, 0.2) is 46.9 Å². The van der Waals surface area contributed by atoms with E-state index in [-0.39, 0.29) is 24.9 Å². The molecule has 1 heterocycles. The van der Waals surface area contributed by atoms with Crippen LogP contribution in [0.5, 0.6) is 5.75 Å². The van der Waals surface area contributed by atoms with Crippen LogP contribution in [0, 0.1) is 12.8 Å². The van der Waals surface area contributed by atoms with Crippen LogP contribution in [0.4, 0.5) is 5.69 Å². The van der Waals surface area contributed by atoms with Gasteiger partial charge in [0, 0.05) is 35.8 Å². The number of rotatable bonds is 11. The van der Waals surface area contributed by atoms with Crippen molar-refractivity contribution in [3.8, 4) is 5.75 Å². The number of anilines is 1. The van der Waals surface area contributed by atoms with Gasteiger partial charge in [0.1, 0.15) is 17.1 Å². The van der Waals surface area contributed by atoms with Crippen molar-refractivity contribution >= 4 is 28.5 Å². The van der Waals surface area contributed by atoms with Crippen molar-refractivity contribution in [3.05, 3.63) is 59.4 Å². The van der Waals surface area contributed by atoms with Crippen molar-refractivity contribution in [2.24, 2.45) is 5.92 Å². The average molecular weight is 467 g/mol. The van der Waals surface area contributed by atoms with E-state index >= 15 is 0 Å². The number of aryl methyl sites for hydroxylation is 1. The van der Waals surface area contributed by atoms with Crippen LogP contribution in [0.25, 0.3) is 11.0 Å². The number of carboxylic acid groups (broad SMARTS) is 1. The molecule has 2 N–H and O–H groups in total. The standard InChI is InChI=1S/C27H34N2O5/c1-6-18(7-2)25(26-17(3)22-16-21(33-5)12-13-23(22)34-26)28-20-10-8-19(9-11-20)27(32)29(4)15-14-24(30)31/h8-13,16,18,25,28H,6-7,14-15H2,1-5H3,(H,30,31). The summed E-state index contributed by atoms with van der Waals surface area (Å²) in [5, 5.41) is 13.5. The van der Waals surface area contributed by atoms with Crippen molar-refractivity contribution in [3.63, 3.8) is 0 Å². The van der Waals surface area contributed by atoms with Gasteiger partial charge < -0.3 is 24.5 Å². The largest absolute Gasteiger partial charge is 0.497 e. The molecule has 182 valence electrons. The first-order valence-electron chi connectivity index (χ1n) is 11.7. The van der Waals surface area contributed by atoms with Crippen LogP contribution in [-0.2, 0) is 4.79 Å². The van der Waals surface area contributed by atoms with Crippen molar-refractivity contribution in [1.29, 1.82) is 0 Å². The number of furan rings is 1. The van der Waals surface area contributed by atoms with Gasteiger partial charge in [-0.2, -0.15) is 0 Å². The number of benzene rings is 2. The topological polar surface area (TPSA) is 92.0 Å². The molecule has 34 heavy (non-hydrogen) atoms. The lowest BCUT2D eigenvalue weighted by Crippen LogP contribution is -2.29. The SMILES string of the molecule is CCC(CC)C(Nc1ccc(C(=O)N(C)CCC(=O)O)cc1)c1oc2ccc(OC)cc2c1C. The zero-order valence-electron chi connectivity index (χ0n) is 20.6. The number of carboxylic acids is 1. The molecule has 2 aromatic carbocycles. The zero-order valence-corrected chi connectivity index (χ0v) is 20.6. The lowest BCUT2D eigenvalue weighted by molar-refractivity contribution is -0.137. The predicted molar refractivity (Wildman–Crippen MR) is 134 cm³/mol. The molecule has 3 rings (SSSR count). The molecular weight excluding hydrogens is 432 g/mol. The summed E-state index contributed by atoms with van der Waals surface area (Å²) in [5.41, 5.74) is 3.32. The fourth-order valence-corrected chi connectivity index (χ4v) is 4.27. The predicted octanol–water partition coefficient (Wildman–Crippen LogP) is 5.89. The lowest BCUT2D eigenvalue weighted by Gasteiger charge is -2.26. The summed E-state index contributed by atoms with van der Waals surface area (Å²) in [5.74, 6) is 0.927. The minimum absolute atomic E-state index is 0.0341. The van der Waals surface area contributed by atoms with E-state index in [0.717, 1.165) is 46.6 Å². The number of hydrogen-bond acceptors (Lipinski definition) is 5. The molecular formula is C27H34N2O5. The number of amides is 1. The molecule has 0 aliphatic rings. The maximum absolute atomic E-state index is 12.6. The number of aliphatic carboxylic acids is 1. The second-order valence-corrected chi connectivity index (χ2v) is 8.60. The van der Waals surface area contributed by atoms with Crippen molar-refractivity contribution in [2.75, 3.05) is 26.0 Å². The summed E-state index contributed by atoms with van der Waals surface area (Å²) in [6.07, 6.45) is 1.89. The Bertz CT molecular complexity index is 1130. The Kier molecular flexibility index (Phi) is 8.21. The quantitative estimate of drug-likeness (QED) is 0.366. The first kappa shape index (κ1) is 25.1. The summed E-state index contributed by atoms with van der Waals surface area (Å²) in [6.45, 7) is 6.60. The van der Waals surface area contributed by atoms with Gasteiger partial charge in [-0.3, -0.25) is 9.59 Å². The number of nitrogens with one attached hydrogen (secondary N) is 1. The summed E-state index contributed by atoms with van der Waals surface area (Å²) in [6, 6.07) is 13.1. The summed E-state index contributed by atoms with van der Waals surface area (Å²) < 4.78 is 11.7. The minimum atomic E-state index is -0.925. The normalized spacial score (nSPS) is 12.1. The summed E-state index contributed by atoms with van der Waals surface area (Å²) in [4.78, 5) is 24.8. The minimum Gasteiger partial charge on any atom is -0.497 e. The van der Waals surface area contributed by atoms with Gasteiger partial charge in [-0.05, 0) is 55.3 Å². The number of carbonyl (C=O) groups is 2. The van der Waals surface area contributed by atoms with E-state index in [4.69, 9.17) is 14.3 Å². The molecule has 0 saturated carbocycles. The van der Waals surface area contributed by atoms with Crippen LogP contribution in [-0.4, -0.2) is 42.6 Å². The highest BCUT2D eigenvalue weighted by Crippen LogP contribution is 2.38.